The van der Waals surface area contributed by atoms with Crippen LogP contribution in [0.2, 0.25) is 0 Å². The number of hydrogen-bond donors (Lipinski definition) is 3. The standard InChI is InChI=1S/C15H20BrF5N6O/c1-14(2,7-27-11(16)4-10(26-27)15(19,20)21)25-12(28)9(23)3-8(5-22)6-24-13(17)18/h4-6,9,13H,3,7,22-23H2,1-2H3,(H,25,28)/b8-5-,24-6+. The third-order valence-corrected chi connectivity index (χ3v) is 4.03. The number of hydrogen-bond acceptors (Lipinski definition) is 5. The molecule has 0 spiro atoms. The van der Waals surface area contributed by atoms with Crippen LogP contribution in [0.4, 0.5) is 22.0 Å². The largest absolute Gasteiger partial charge is 0.435 e. The van der Waals surface area contributed by atoms with E-state index in [1.165, 1.54) is 0 Å². The van der Waals surface area contributed by atoms with Crippen LogP contribution in [0, 0.1) is 0 Å². The first-order chi connectivity index (χ1) is 12.7. The van der Waals surface area contributed by atoms with Gasteiger partial charge in [0.2, 0.25) is 5.91 Å². The lowest BCUT2D eigenvalue weighted by molar-refractivity contribution is -0.141. The molecule has 1 heterocycles. The van der Waals surface area contributed by atoms with Gasteiger partial charge < -0.3 is 16.8 Å². The molecular weight excluding hydrogens is 455 g/mol. The van der Waals surface area contributed by atoms with Gasteiger partial charge in [-0.25, -0.2) is 4.99 Å². The number of aliphatic imine (C=N–C) groups is 1. The van der Waals surface area contributed by atoms with Crippen LogP contribution < -0.4 is 16.8 Å². The second-order valence-corrected chi connectivity index (χ2v) is 7.30. The molecule has 0 fully saturated rings. The van der Waals surface area contributed by atoms with E-state index in [4.69, 9.17) is 11.5 Å². The molecule has 1 rings (SSSR count). The van der Waals surface area contributed by atoms with Crippen LogP contribution in [0.25, 0.3) is 0 Å². The number of carbonyl (C=O) groups is 1. The monoisotopic (exact) mass is 474 g/mol. The molecule has 0 aromatic carbocycles. The molecule has 0 aliphatic heterocycles. The summed E-state index contributed by atoms with van der Waals surface area (Å²) >= 11 is 2.99. The van der Waals surface area contributed by atoms with Crippen LogP contribution in [0.1, 0.15) is 26.0 Å². The fraction of sp³-hybridized carbons (Fsp3) is 0.533. The molecule has 0 aliphatic rings. The maximum absolute atomic E-state index is 12.7. The Balaban J connectivity index is 2.78. The van der Waals surface area contributed by atoms with Gasteiger partial charge in [-0.3, -0.25) is 9.48 Å². The first-order valence-corrected chi connectivity index (χ1v) is 8.64. The van der Waals surface area contributed by atoms with Crippen molar-refractivity contribution in [2.45, 2.75) is 51.1 Å². The normalized spacial score (nSPS) is 14.7. The topological polar surface area (TPSA) is 111 Å². The van der Waals surface area contributed by atoms with E-state index < -0.39 is 35.9 Å². The molecule has 1 amide bonds. The van der Waals surface area contributed by atoms with Crippen molar-refractivity contribution in [3.63, 3.8) is 0 Å². The lowest BCUT2D eigenvalue weighted by Gasteiger charge is -2.28. The zero-order valence-corrected chi connectivity index (χ0v) is 16.6. The molecule has 13 heteroatoms. The highest BCUT2D eigenvalue weighted by molar-refractivity contribution is 9.10. The van der Waals surface area contributed by atoms with Gasteiger partial charge >= 0.3 is 12.7 Å². The first kappa shape index (κ1) is 24.0. The van der Waals surface area contributed by atoms with Gasteiger partial charge in [0.15, 0.2) is 5.69 Å². The molecule has 7 nitrogen and oxygen atoms in total. The Bertz CT molecular complexity index is 744. The van der Waals surface area contributed by atoms with E-state index in [0.717, 1.165) is 23.2 Å². The van der Waals surface area contributed by atoms with Crippen molar-refractivity contribution in [3.8, 4) is 0 Å². The van der Waals surface area contributed by atoms with Crippen molar-refractivity contribution >= 4 is 28.1 Å². The lowest BCUT2D eigenvalue weighted by atomic mass is 10.0. The number of alkyl halides is 5. The Kier molecular flexibility index (Phi) is 8.11. The van der Waals surface area contributed by atoms with Crippen LogP contribution in [0.15, 0.2) is 27.4 Å². The van der Waals surface area contributed by atoms with Crippen molar-refractivity contribution in [2.24, 2.45) is 16.5 Å². The maximum atomic E-state index is 12.7. The Labute approximate surface area is 166 Å². The zero-order valence-electron chi connectivity index (χ0n) is 15.0. The quantitative estimate of drug-likeness (QED) is 0.305. The minimum Gasteiger partial charge on any atom is -0.404 e. The number of carbonyl (C=O) groups excluding carboxylic acids is 1. The van der Waals surface area contributed by atoms with Gasteiger partial charge in [-0.2, -0.15) is 27.1 Å². The fourth-order valence-electron chi connectivity index (χ4n) is 2.15. The van der Waals surface area contributed by atoms with Gasteiger partial charge in [-0.15, -0.1) is 0 Å². The first-order valence-electron chi connectivity index (χ1n) is 7.85. The lowest BCUT2D eigenvalue weighted by Crippen LogP contribution is -2.52. The average Bonchev–Trinajstić information content (AvgIpc) is 2.90. The van der Waals surface area contributed by atoms with Crippen molar-refractivity contribution in [2.75, 3.05) is 0 Å². The van der Waals surface area contributed by atoms with E-state index in [1.807, 2.05) is 0 Å². The number of nitrogens with two attached hydrogens (primary N) is 2. The summed E-state index contributed by atoms with van der Waals surface area (Å²) in [5.74, 6) is -0.644. The zero-order chi connectivity index (χ0) is 21.7. The highest BCUT2D eigenvalue weighted by Crippen LogP contribution is 2.30. The fourth-order valence-corrected chi connectivity index (χ4v) is 2.57. The third kappa shape index (κ3) is 7.54. The van der Waals surface area contributed by atoms with Crippen molar-refractivity contribution in [1.29, 1.82) is 0 Å². The minimum atomic E-state index is -4.60. The molecular formula is C15H20BrF5N6O. The predicted octanol–water partition coefficient (Wildman–Crippen LogP) is 2.41. The van der Waals surface area contributed by atoms with E-state index in [2.05, 4.69) is 31.3 Å². The van der Waals surface area contributed by atoms with Crippen LogP contribution in [-0.2, 0) is 17.5 Å². The molecule has 5 N–H and O–H groups in total. The number of nitrogens with zero attached hydrogens (tertiary/aromatic N) is 3. The molecule has 28 heavy (non-hydrogen) atoms. The van der Waals surface area contributed by atoms with Crippen LogP contribution in [0.5, 0.6) is 0 Å². The van der Waals surface area contributed by atoms with Crippen molar-refractivity contribution in [3.05, 3.63) is 28.1 Å². The van der Waals surface area contributed by atoms with E-state index >= 15 is 0 Å². The molecule has 0 radical (unpaired) electrons. The second-order valence-electron chi connectivity index (χ2n) is 6.49. The van der Waals surface area contributed by atoms with Gasteiger partial charge in [0.1, 0.15) is 4.60 Å². The molecule has 1 aromatic rings. The molecule has 1 unspecified atom stereocenters. The summed E-state index contributed by atoms with van der Waals surface area (Å²) in [5, 5.41) is 6.06. The molecule has 1 atom stereocenters. The molecule has 0 aliphatic carbocycles. The van der Waals surface area contributed by atoms with Crippen molar-refractivity contribution < 1.29 is 26.7 Å². The van der Waals surface area contributed by atoms with E-state index in [1.54, 1.807) is 13.8 Å². The van der Waals surface area contributed by atoms with E-state index in [0.29, 0.717) is 0 Å². The van der Waals surface area contributed by atoms with Crippen molar-refractivity contribution in [1.82, 2.24) is 15.1 Å². The summed E-state index contributed by atoms with van der Waals surface area (Å²) < 4.78 is 63.6. The van der Waals surface area contributed by atoms with Crippen LogP contribution in [-0.4, -0.2) is 40.0 Å². The minimum absolute atomic E-state index is 0.0861. The summed E-state index contributed by atoms with van der Waals surface area (Å²) in [6.07, 6.45) is -2.93. The summed E-state index contributed by atoms with van der Waals surface area (Å²) in [4.78, 5) is 15.1. The van der Waals surface area contributed by atoms with Gasteiger partial charge in [-0.1, -0.05) is 0 Å². The third-order valence-electron chi connectivity index (χ3n) is 3.39. The SMILES string of the molecule is CC(C)(Cn1nc(C(F)(F)F)cc1Br)NC(=O)C(N)CC(=C/N)/C=N/C(F)F. The number of nitrogens with one attached hydrogen (secondary N) is 1. The van der Waals surface area contributed by atoms with Gasteiger partial charge in [0.05, 0.1) is 18.1 Å². The number of rotatable bonds is 8. The number of amides is 1. The second kappa shape index (κ2) is 9.45. The number of aromatic nitrogens is 2. The molecule has 0 saturated heterocycles. The Morgan fingerprint density at radius 2 is 2.04 bits per heavy atom. The highest BCUT2D eigenvalue weighted by Gasteiger charge is 2.35. The summed E-state index contributed by atoms with van der Waals surface area (Å²) in [6.45, 7) is 0.121. The average molecular weight is 475 g/mol. The van der Waals surface area contributed by atoms with Gasteiger partial charge in [0.25, 0.3) is 0 Å². The van der Waals surface area contributed by atoms with E-state index in [9.17, 15) is 26.7 Å². The molecule has 0 bridgehead atoms. The maximum Gasteiger partial charge on any atom is 0.435 e. The highest BCUT2D eigenvalue weighted by atomic mass is 79.9. The molecule has 1 aromatic heterocycles. The van der Waals surface area contributed by atoms with Gasteiger partial charge in [0, 0.05) is 12.3 Å². The predicted molar refractivity (Wildman–Crippen MR) is 96.5 cm³/mol. The summed E-state index contributed by atoms with van der Waals surface area (Å²) in [7, 11) is 0. The molecule has 0 saturated carbocycles. The Morgan fingerprint density at radius 1 is 1.43 bits per heavy atom. The number of halogens is 6. The Hall–Kier alpha value is -2.02. The Morgan fingerprint density at radius 3 is 2.50 bits per heavy atom. The van der Waals surface area contributed by atoms with Gasteiger partial charge in [-0.05, 0) is 48.0 Å². The van der Waals surface area contributed by atoms with Crippen LogP contribution in [0.3, 0.4) is 0 Å². The summed E-state index contributed by atoms with van der Waals surface area (Å²) in [5.41, 5.74) is 9.09. The smallest absolute Gasteiger partial charge is 0.404 e. The van der Waals surface area contributed by atoms with E-state index in [-0.39, 0.29) is 23.1 Å². The van der Waals surface area contributed by atoms with Crippen LogP contribution >= 0.6 is 15.9 Å². The summed E-state index contributed by atoms with van der Waals surface area (Å²) in [6, 6.07) is -0.311. The molecule has 158 valence electrons.